The topological polar surface area (TPSA) is 90.5 Å². The molecular weight excluding hydrogens is 356 g/mol. The lowest BCUT2D eigenvalue weighted by atomic mass is 9.95. The van der Waals surface area contributed by atoms with Crippen molar-refractivity contribution in [1.29, 1.82) is 0 Å². The molecule has 144 valence electrons. The van der Waals surface area contributed by atoms with Crippen LogP contribution in [-0.2, 0) is 7.05 Å². The number of aromatic nitrogens is 2. The van der Waals surface area contributed by atoms with Gasteiger partial charge in [-0.2, -0.15) is 5.10 Å². The van der Waals surface area contributed by atoms with Crippen molar-refractivity contribution < 1.29 is 9.53 Å². The Morgan fingerprint density at radius 2 is 1.89 bits per heavy atom. The van der Waals surface area contributed by atoms with Crippen molar-refractivity contribution in [3.05, 3.63) is 70.1 Å². The van der Waals surface area contributed by atoms with E-state index in [-0.39, 0.29) is 29.1 Å². The number of hydrogen-bond acceptors (Lipinski definition) is 5. The molecule has 3 aromatic rings. The highest BCUT2D eigenvalue weighted by Gasteiger charge is 2.35. The Kier molecular flexibility index (Phi) is 4.60. The van der Waals surface area contributed by atoms with Crippen LogP contribution in [0.4, 0.5) is 0 Å². The van der Waals surface area contributed by atoms with Crippen molar-refractivity contribution in [2.45, 2.75) is 12.0 Å². The molecule has 7 heteroatoms. The van der Waals surface area contributed by atoms with Crippen molar-refractivity contribution in [3.63, 3.8) is 0 Å². The maximum Gasteiger partial charge on any atom is 0.275 e. The van der Waals surface area contributed by atoms with Crippen LogP contribution in [0.1, 0.15) is 22.0 Å². The Labute approximate surface area is 162 Å². The van der Waals surface area contributed by atoms with Crippen LogP contribution in [0, 0.1) is 0 Å². The van der Waals surface area contributed by atoms with Crippen molar-refractivity contribution in [1.82, 2.24) is 14.7 Å². The van der Waals surface area contributed by atoms with Crippen LogP contribution in [0.15, 0.2) is 53.3 Å². The summed E-state index contributed by atoms with van der Waals surface area (Å²) in [7, 11) is 3.18. The lowest BCUT2D eigenvalue weighted by Crippen LogP contribution is -2.34. The van der Waals surface area contributed by atoms with Crippen molar-refractivity contribution >= 4 is 16.7 Å². The third-order valence-corrected chi connectivity index (χ3v) is 5.33. The number of ether oxygens (including phenoxy) is 1. The third kappa shape index (κ3) is 3.03. The molecule has 4 rings (SSSR count). The first-order valence-corrected chi connectivity index (χ1v) is 9.14. The largest absolute Gasteiger partial charge is 0.497 e. The van der Waals surface area contributed by atoms with Crippen LogP contribution in [0.3, 0.4) is 0 Å². The second-order valence-corrected chi connectivity index (χ2v) is 7.08. The fourth-order valence-corrected chi connectivity index (χ4v) is 3.83. The number of carbonyl (C=O) groups excluding carboxylic acids is 1. The predicted octanol–water partition coefficient (Wildman–Crippen LogP) is 1.51. The smallest absolute Gasteiger partial charge is 0.275 e. The Morgan fingerprint density at radius 1 is 1.14 bits per heavy atom. The minimum atomic E-state index is -0.223. The van der Waals surface area contributed by atoms with Gasteiger partial charge in [0.25, 0.3) is 11.5 Å². The number of benzene rings is 2. The van der Waals surface area contributed by atoms with E-state index in [2.05, 4.69) is 5.10 Å². The highest BCUT2D eigenvalue weighted by Crippen LogP contribution is 2.30. The molecule has 0 bridgehead atoms. The monoisotopic (exact) mass is 378 g/mol. The Bertz CT molecular complexity index is 1110. The van der Waals surface area contributed by atoms with Crippen molar-refractivity contribution in [3.8, 4) is 5.75 Å². The van der Waals surface area contributed by atoms with E-state index in [9.17, 15) is 9.59 Å². The first-order valence-electron chi connectivity index (χ1n) is 9.14. The first-order chi connectivity index (χ1) is 13.5. The molecule has 1 aliphatic heterocycles. The zero-order valence-corrected chi connectivity index (χ0v) is 15.8. The standard InChI is InChI=1S/C21H22N4O3/c1-24-20(26)16-9-4-3-8-15(16)19(23-24)21(27)25-11-17(18(22)12-25)13-6-5-7-14(10-13)28-2/h3-10,17-18H,11-12,22H2,1-2H3/t17-,18+/m1/s1. The van der Waals surface area contributed by atoms with E-state index >= 15 is 0 Å². The summed E-state index contributed by atoms with van der Waals surface area (Å²) in [6, 6.07) is 14.6. The zero-order valence-electron chi connectivity index (χ0n) is 15.8. The van der Waals surface area contributed by atoms with E-state index < -0.39 is 0 Å². The van der Waals surface area contributed by atoms with Crippen LogP contribution >= 0.6 is 0 Å². The van der Waals surface area contributed by atoms with Crippen LogP contribution in [0.2, 0.25) is 0 Å². The Balaban J connectivity index is 1.68. The van der Waals surface area contributed by atoms with Gasteiger partial charge < -0.3 is 15.4 Å². The maximum atomic E-state index is 13.2. The van der Waals surface area contributed by atoms with Crippen LogP contribution in [0.25, 0.3) is 10.8 Å². The number of nitrogens with two attached hydrogens (primary N) is 1. The predicted molar refractivity (Wildman–Crippen MR) is 107 cm³/mol. The van der Waals surface area contributed by atoms with Crippen molar-refractivity contribution in [2.75, 3.05) is 20.2 Å². The highest BCUT2D eigenvalue weighted by atomic mass is 16.5. The molecule has 2 aromatic carbocycles. The second-order valence-electron chi connectivity index (χ2n) is 7.08. The molecular formula is C21H22N4O3. The average molecular weight is 378 g/mol. The summed E-state index contributed by atoms with van der Waals surface area (Å²) in [6.45, 7) is 0.922. The highest BCUT2D eigenvalue weighted by molar-refractivity contribution is 6.04. The van der Waals surface area contributed by atoms with E-state index in [4.69, 9.17) is 10.5 Å². The number of carbonyl (C=O) groups is 1. The lowest BCUT2D eigenvalue weighted by Gasteiger charge is -2.17. The minimum Gasteiger partial charge on any atom is -0.497 e. The zero-order chi connectivity index (χ0) is 19.8. The van der Waals surface area contributed by atoms with Gasteiger partial charge in [0.15, 0.2) is 5.69 Å². The molecule has 1 aliphatic rings. The summed E-state index contributed by atoms with van der Waals surface area (Å²) in [5.41, 5.74) is 7.46. The van der Waals surface area contributed by atoms with E-state index in [0.717, 1.165) is 11.3 Å². The van der Waals surface area contributed by atoms with Crippen LogP contribution in [-0.4, -0.2) is 46.8 Å². The summed E-state index contributed by atoms with van der Waals surface area (Å²) in [6.07, 6.45) is 0. The first kappa shape index (κ1) is 18.2. The summed E-state index contributed by atoms with van der Waals surface area (Å²) < 4.78 is 6.52. The molecule has 1 fully saturated rings. The molecule has 2 heterocycles. The summed E-state index contributed by atoms with van der Waals surface area (Å²) >= 11 is 0. The normalized spacial score (nSPS) is 19.2. The molecule has 7 nitrogen and oxygen atoms in total. The van der Waals surface area contributed by atoms with Gasteiger partial charge in [-0.1, -0.05) is 30.3 Å². The van der Waals surface area contributed by atoms with E-state index in [1.54, 1.807) is 43.3 Å². The van der Waals surface area contributed by atoms with Gasteiger partial charge in [0, 0.05) is 37.5 Å². The van der Waals surface area contributed by atoms with E-state index in [0.29, 0.717) is 23.9 Å². The van der Waals surface area contributed by atoms with Crippen molar-refractivity contribution in [2.24, 2.45) is 12.8 Å². The molecule has 0 spiro atoms. The summed E-state index contributed by atoms with van der Waals surface area (Å²) in [4.78, 5) is 27.3. The number of nitrogens with zero attached hydrogens (tertiary/aromatic N) is 3. The fraction of sp³-hybridized carbons (Fsp3) is 0.286. The number of amides is 1. The molecule has 2 atom stereocenters. The third-order valence-electron chi connectivity index (χ3n) is 5.33. The van der Waals surface area contributed by atoms with Gasteiger partial charge in [-0.05, 0) is 23.8 Å². The molecule has 28 heavy (non-hydrogen) atoms. The Morgan fingerprint density at radius 3 is 2.64 bits per heavy atom. The average Bonchev–Trinajstić information content (AvgIpc) is 3.12. The van der Waals surface area contributed by atoms with E-state index in [1.165, 1.54) is 4.68 Å². The summed E-state index contributed by atoms with van der Waals surface area (Å²) in [5, 5.41) is 5.29. The molecule has 0 aliphatic carbocycles. The van der Waals surface area contributed by atoms with Crippen LogP contribution in [0.5, 0.6) is 5.75 Å². The number of rotatable bonds is 3. The molecule has 1 amide bonds. The summed E-state index contributed by atoms with van der Waals surface area (Å²) in [5.74, 6) is 0.561. The van der Waals surface area contributed by atoms with Gasteiger partial charge in [-0.25, -0.2) is 4.68 Å². The quantitative estimate of drug-likeness (QED) is 0.746. The van der Waals surface area contributed by atoms with E-state index in [1.807, 2.05) is 24.3 Å². The van der Waals surface area contributed by atoms with Gasteiger partial charge in [-0.15, -0.1) is 0 Å². The van der Waals surface area contributed by atoms with Gasteiger partial charge in [0.05, 0.1) is 12.5 Å². The van der Waals surface area contributed by atoms with Gasteiger partial charge in [0.1, 0.15) is 5.75 Å². The molecule has 0 unspecified atom stereocenters. The Hall–Kier alpha value is -3.19. The number of hydrogen-bond donors (Lipinski definition) is 1. The van der Waals surface area contributed by atoms with Gasteiger partial charge in [-0.3, -0.25) is 9.59 Å². The number of aryl methyl sites for hydroxylation is 1. The van der Waals surface area contributed by atoms with Crippen LogP contribution < -0.4 is 16.0 Å². The fourth-order valence-electron chi connectivity index (χ4n) is 3.83. The molecule has 1 saturated heterocycles. The second kappa shape index (κ2) is 7.09. The van der Waals surface area contributed by atoms with Gasteiger partial charge >= 0.3 is 0 Å². The number of likely N-dealkylation sites (tertiary alicyclic amines) is 1. The molecule has 0 radical (unpaired) electrons. The minimum absolute atomic E-state index is 0.0119. The molecule has 2 N–H and O–H groups in total. The maximum absolute atomic E-state index is 13.2. The lowest BCUT2D eigenvalue weighted by molar-refractivity contribution is 0.0783. The molecule has 1 aromatic heterocycles. The SMILES string of the molecule is COc1cccc([C@H]2CN(C(=O)c3nn(C)c(=O)c4ccccc34)C[C@@H]2N)c1. The number of fused-ring (bicyclic) bond motifs is 1. The van der Waals surface area contributed by atoms with Gasteiger partial charge in [0.2, 0.25) is 0 Å². The molecule has 0 saturated carbocycles. The number of methoxy groups -OCH3 is 1.